The van der Waals surface area contributed by atoms with Crippen LogP contribution >= 0.6 is 0 Å². The van der Waals surface area contributed by atoms with Crippen LogP contribution in [0.25, 0.3) is 0 Å². The molecular weight excluding hydrogens is 368 g/mol. The molecule has 6 heteroatoms. The van der Waals surface area contributed by atoms with Gasteiger partial charge in [0, 0.05) is 30.3 Å². The summed E-state index contributed by atoms with van der Waals surface area (Å²) in [6.07, 6.45) is 1.39. The summed E-state index contributed by atoms with van der Waals surface area (Å²) in [6, 6.07) is 12.5. The summed E-state index contributed by atoms with van der Waals surface area (Å²) in [4.78, 5) is 39.4. The van der Waals surface area contributed by atoms with Gasteiger partial charge in [0.05, 0.1) is 7.11 Å². The highest BCUT2D eigenvalue weighted by Gasteiger charge is 2.32. The van der Waals surface area contributed by atoms with Gasteiger partial charge in [0.15, 0.2) is 5.78 Å². The number of aryl methyl sites for hydroxylation is 2. The number of hydrogen-bond acceptors (Lipinski definition) is 4. The molecule has 6 nitrogen and oxygen atoms in total. The van der Waals surface area contributed by atoms with Gasteiger partial charge in [0.2, 0.25) is 0 Å². The number of carbonyl (C=O) groups is 3. The number of carbonyl (C=O) groups excluding carboxylic acids is 3. The highest BCUT2D eigenvalue weighted by Crippen LogP contribution is 2.28. The molecule has 0 unspecified atom stereocenters. The fourth-order valence-corrected chi connectivity index (χ4v) is 3.88. The molecule has 0 saturated carbocycles. The second-order valence-electron chi connectivity index (χ2n) is 7.42. The number of piperidine rings is 1. The number of ether oxygens (including phenoxy) is 1. The number of amides is 2. The van der Waals surface area contributed by atoms with Crippen LogP contribution in [0.5, 0.6) is 5.75 Å². The Hall–Kier alpha value is -3.15. The van der Waals surface area contributed by atoms with Crippen molar-refractivity contribution in [3.8, 4) is 5.75 Å². The number of methoxy groups -OCH3 is 1. The van der Waals surface area contributed by atoms with Crippen LogP contribution in [0.4, 0.5) is 5.69 Å². The molecule has 152 valence electrons. The fraction of sp³-hybridized carbons (Fsp3) is 0.348. The van der Waals surface area contributed by atoms with Gasteiger partial charge in [-0.1, -0.05) is 18.2 Å². The molecule has 1 fully saturated rings. The predicted molar refractivity (Wildman–Crippen MR) is 111 cm³/mol. The lowest BCUT2D eigenvalue weighted by Crippen LogP contribution is -2.46. The molecule has 29 heavy (non-hydrogen) atoms. The molecule has 2 aromatic carbocycles. The zero-order valence-electron chi connectivity index (χ0n) is 17.0. The van der Waals surface area contributed by atoms with E-state index >= 15 is 0 Å². The summed E-state index contributed by atoms with van der Waals surface area (Å²) < 4.78 is 5.37. The Morgan fingerprint density at radius 1 is 1.07 bits per heavy atom. The zero-order valence-corrected chi connectivity index (χ0v) is 17.0. The standard InChI is InChI=1S/C23H26N2O4/c1-15-12-18(13-16(2)21(15)29-3)20(26)17-8-7-11-25(14-17)23(28)22(27)24-19-9-5-4-6-10-19/h4-6,9-10,12-13,17H,7-8,11,14H2,1-3H3,(H,24,27)/t17-/m1/s1. The Balaban J connectivity index is 1.69. The molecule has 1 atom stereocenters. The number of benzene rings is 2. The van der Waals surface area contributed by atoms with Crippen molar-refractivity contribution in [2.75, 3.05) is 25.5 Å². The van der Waals surface area contributed by atoms with Gasteiger partial charge in [0.25, 0.3) is 0 Å². The van der Waals surface area contributed by atoms with Crippen LogP contribution in [0.2, 0.25) is 0 Å². The Morgan fingerprint density at radius 2 is 1.72 bits per heavy atom. The number of Topliss-reactive ketones (excluding diaryl/α,β-unsaturated/α-hetero) is 1. The fourth-order valence-electron chi connectivity index (χ4n) is 3.88. The number of ketones is 1. The zero-order chi connectivity index (χ0) is 21.0. The minimum atomic E-state index is -0.680. The maximum atomic E-state index is 13.1. The van der Waals surface area contributed by atoms with Crippen LogP contribution in [-0.4, -0.2) is 42.7 Å². The van der Waals surface area contributed by atoms with Gasteiger partial charge in [-0.15, -0.1) is 0 Å². The first-order chi connectivity index (χ1) is 13.9. The maximum Gasteiger partial charge on any atom is 0.313 e. The summed E-state index contributed by atoms with van der Waals surface area (Å²) >= 11 is 0. The van der Waals surface area contributed by atoms with Gasteiger partial charge in [-0.3, -0.25) is 14.4 Å². The number of nitrogens with one attached hydrogen (secondary N) is 1. The van der Waals surface area contributed by atoms with Crippen LogP contribution in [0.3, 0.4) is 0 Å². The summed E-state index contributed by atoms with van der Waals surface area (Å²) in [7, 11) is 1.61. The number of anilines is 1. The second-order valence-corrected chi connectivity index (χ2v) is 7.42. The SMILES string of the molecule is COc1c(C)cc(C(=O)[C@@H]2CCCN(C(=O)C(=O)Nc3ccccc3)C2)cc1C. The third-order valence-corrected chi connectivity index (χ3v) is 5.25. The number of likely N-dealkylation sites (tertiary alicyclic amines) is 1. The molecule has 0 spiro atoms. The minimum absolute atomic E-state index is 0.000166. The Bertz CT molecular complexity index is 901. The summed E-state index contributed by atoms with van der Waals surface area (Å²) in [5.41, 5.74) is 3.00. The van der Waals surface area contributed by atoms with Crippen molar-refractivity contribution in [3.63, 3.8) is 0 Å². The van der Waals surface area contributed by atoms with Crippen LogP contribution in [-0.2, 0) is 9.59 Å². The molecule has 1 N–H and O–H groups in total. The van der Waals surface area contributed by atoms with E-state index in [9.17, 15) is 14.4 Å². The third kappa shape index (κ3) is 4.65. The lowest BCUT2D eigenvalue weighted by molar-refractivity contribution is -0.144. The topological polar surface area (TPSA) is 75.7 Å². The van der Waals surface area contributed by atoms with Crippen molar-refractivity contribution >= 4 is 23.3 Å². The smallest absolute Gasteiger partial charge is 0.313 e. The van der Waals surface area contributed by atoms with E-state index in [1.165, 1.54) is 4.90 Å². The first-order valence-corrected chi connectivity index (χ1v) is 9.75. The largest absolute Gasteiger partial charge is 0.496 e. The van der Waals surface area contributed by atoms with Gasteiger partial charge < -0.3 is 15.0 Å². The quantitative estimate of drug-likeness (QED) is 0.637. The van der Waals surface area contributed by atoms with Crippen molar-refractivity contribution in [1.29, 1.82) is 0 Å². The maximum absolute atomic E-state index is 13.1. The summed E-state index contributed by atoms with van der Waals surface area (Å²) in [6.45, 7) is 4.55. The van der Waals surface area contributed by atoms with E-state index < -0.39 is 11.8 Å². The first-order valence-electron chi connectivity index (χ1n) is 9.75. The van der Waals surface area contributed by atoms with E-state index in [0.29, 0.717) is 30.6 Å². The Morgan fingerprint density at radius 3 is 2.34 bits per heavy atom. The molecule has 0 aliphatic carbocycles. The van der Waals surface area contributed by atoms with Crippen molar-refractivity contribution < 1.29 is 19.1 Å². The summed E-state index contributed by atoms with van der Waals surface area (Å²) in [5, 5.41) is 2.61. The molecule has 1 aliphatic heterocycles. The summed E-state index contributed by atoms with van der Waals surface area (Å²) in [5.74, 6) is -0.822. The monoisotopic (exact) mass is 394 g/mol. The molecule has 2 amide bonds. The van der Waals surface area contributed by atoms with E-state index in [0.717, 1.165) is 16.9 Å². The van der Waals surface area contributed by atoms with Gasteiger partial charge in [0.1, 0.15) is 5.75 Å². The van der Waals surface area contributed by atoms with E-state index in [4.69, 9.17) is 4.74 Å². The van der Waals surface area contributed by atoms with Gasteiger partial charge in [-0.05, 0) is 62.1 Å². The normalized spacial score (nSPS) is 16.2. The van der Waals surface area contributed by atoms with Crippen LogP contribution in [0.1, 0.15) is 34.3 Å². The third-order valence-electron chi connectivity index (χ3n) is 5.25. The molecule has 1 heterocycles. The predicted octanol–water partition coefficient (Wildman–Crippen LogP) is 3.37. The average molecular weight is 394 g/mol. The number of para-hydroxylation sites is 1. The van der Waals surface area contributed by atoms with Crippen LogP contribution < -0.4 is 10.1 Å². The lowest BCUT2D eigenvalue weighted by Gasteiger charge is -2.31. The number of hydrogen-bond donors (Lipinski definition) is 1. The lowest BCUT2D eigenvalue weighted by atomic mass is 9.88. The Kier molecular flexibility index (Phi) is 6.32. The molecule has 1 saturated heterocycles. The van der Waals surface area contributed by atoms with Gasteiger partial charge in [-0.2, -0.15) is 0 Å². The molecule has 0 bridgehead atoms. The van der Waals surface area contributed by atoms with E-state index in [1.807, 2.05) is 32.0 Å². The highest BCUT2D eigenvalue weighted by molar-refractivity contribution is 6.39. The van der Waals surface area contributed by atoms with Crippen LogP contribution in [0, 0.1) is 19.8 Å². The number of nitrogens with zero attached hydrogens (tertiary/aromatic N) is 1. The number of rotatable bonds is 4. The van der Waals surface area contributed by atoms with Gasteiger partial charge >= 0.3 is 11.8 Å². The van der Waals surface area contributed by atoms with Crippen LogP contribution in [0.15, 0.2) is 42.5 Å². The van der Waals surface area contributed by atoms with E-state index in [1.54, 1.807) is 31.4 Å². The molecule has 2 aromatic rings. The molecule has 0 aromatic heterocycles. The molecule has 3 rings (SSSR count). The molecule has 1 aliphatic rings. The highest BCUT2D eigenvalue weighted by atomic mass is 16.5. The van der Waals surface area contributed by atoms with Crippen molar-refractivity contribution in [1.82, 2.24) is 4.90 Å². The van der Waals surface area contributed by atoms with E-state index in [-0.39, 0.29) is 18.2 Å². The molecular formula is C23H26N2O4. The average Bonchev–Trinajstić information content (AvgIpc) is 2.73. The van der Waals surface area contributed by atoms with Gasteiger partial charge in [-0.25, -0.2) is 0 Å². The van der Waals surface area contributed by atoms with Crippen molar-refractivity contribution in [2.24, 2.45) is 5.92 Å². The van der Waals surface area contributed by atoms with Crippen molar-refractivity contribution in [3.05, 3.63) is 59.2 Å². The Labute approximate surface area is 170 Å². The van der Waals surface area contributed by atoms with E-state index in [2.05, 4.69) is 5.32 Å². The first kappa shape index (κ1) is 20.6. The minimum Gasteiger partial charge on any atom is -0.496 e. The second kappa shape index (κ2) is 8.90. The molecule has 0 radical (unpaired) electrons. The van der Waals surface area contributed by atoms with Crippen molar-refractivity contribution in [2.45, 2.75) is 26.7 Å².